The van der Waals surface area contributed by atoms with E-state index in [0.717, 1.165) is 38.0 Å². The van der Waals surface area contributed by atoms with Crippen LogP contribution in [0.1, 0.15) is 69.4 Å². The topological polar surface area (TPSA) is 0 Å². The van der Waals surface area contributed by atoms with Crippen LogP contribution in [0.15, 0.2) is 55.1 Å². The van der Waals surface area contributed by atoms with Crippen molar-refractivity contribution in [3.8, 4) is 11.1 Å². The maximum Gasteiger partial charge on any atom is 0.170 e. The molecular weight excluding hydrogens is 429 g/mol. The van der Waals surface area contributed by atoms with E-state index >= 15 is 8.78 Å². The number of unbranched alkanes of at least 4 members (excludes halogenated alkanes) is 2. The first-order chi connectivity index (χ1) is 16.5. The summed E-state index contributed by atoms with van der Waals surface area (Å²) in [5, 5.41) is 0.155. The lowest BCUT2D eigenvalue weighted by molar-refractivity contribution is 0.296. The van der Waals surface area contributed by atoms with Crippen molar-refractivity contribution < 1.29 is 13.2 Å². The Labute approximate surface area is 201 Å². The number of rotatable bonds is 9. The molecule has 0 nitrogen and oxygen atoms in total. The minimum atomic E-state index is -1.10. The van der Waals surface area contributed by atoms with E-state index in [1.54, 1.807) is 18.2 Å². The fourth-order valence-electron chi connectivity index (χ4n) is 5.33. The van der Waals surface area contributed by atoms with Gasteiger partial charge in [0.05, 0.1) is 5.39 Å². The minimum Gasteiger partial charge on any atom is -0.206 e. The number of allylic oxidation sites excluding steroid dienone is 1. The third-order valence-corrected chi connectivity index (χ3v) is 7.58. The van der Waals surface area contributed by atoms with Crippen LogP contribution >= 0.6 is 0 Å². The number of fused-ring (bicyclic) bond motifs is 1. The monoisotopic (exact) mass is 464 g/mol. The summed E-state index contributed by atoms with van der Waals surface area (Å²) in [6.45, 7) is 6.00. The highest BCUT2D eigenvalue weighted by Gasteiger charge is 2.21. The van der Waals surface area contributed by atoms with E-state index in [1.165, 1.54) is 31.2 Å². The van der Waals surface area contributed by atoms with Crippen LogP contribution < -0.4 is 0 Å². The Morgan fingerprint density at radius 1 is 0.853 bits per heavy atom. The molecule has 0 heterocycles. The second kappa shape index (κ2) is 11.3. The van der Waals surface area contributed by atoms with Crippen molar-refractivity contribution in [2.45, 2.75) is 71.1 Å². The fourth-order valence-corrected chi connectivity index (χ4v) is 5.33. The van der Waals surface area contributed by atoms with Gasteiger partial charge < -0.3 is 0 Å². The van der Waals surface area contributed by atoms with Gasteiger partial charge in [0, 0.05) is 5.56 Å². The van der Waals surface area contributed by atoms with Crippen molar-refractivity contribution in [2.24, 2.45) is 11.8 Å². The number of benzene rings is 3. The molecule has 4 rings (SSSR count). The average Bonchev–Trinajstić information content (AvgIpc) is 2.87. The van der Waals surface area contributed by atoms with E-state index in [-0.39, 0.29) is 10.9 Å². The van der Waals surface area contributed by atoms with Crippen molar-refractivity contribution in [3.05, 3.63) is 83.7 Å². The Bertz CT molecular complexity index is 1120. The van der Waals surface area contributed by atoms with Crippen molar-refractivity contribution >= 4 is 10.8 Å². The fraction of sp³-hybridized carbons (Fsp3) is 0.419. The molecule has 0 atom stereocenters. The molecular formula is C31H35F3. The second-order valence-corrected chi connectivity index (χ2v) is 9.90. The Kier molecular flexibility index (Phi) is 8.13. The van der Waals surface area contributed by atoms with Crippen LogP contribution in [0.25, 0.3) is 21.9 Å². The van der Waals surface area contributed by atoms with E-state index in [9.17, 15) is 4.39 Å². The highest BCUT2D eigenvalue weighted by Crippen LogP contribution is 2.35. The minimum absolute atomic E-state index is 0.178. The Balaban J connectivity index is 1.50. The molecule has 1 saturated carbocycles. The van der Waals surface area contributed by atoms with E-state index in [1.807, 2.05) is 24.3 Å². The number of hydrogen-bond acceptors (Lipinski definition) is 0. The highest BCUT2D eigenvalue weighted by molar-refractivity contribution is 5.89. The molecule has 0 aromatic heterocycles. The van der Waals surface area contributed by atoms with Crippen LogP contribution in [0.4, 0.5) is 13.2 Å². The van der Waals surface area contributed by atoms with Gasteiger partial charge in [-0.15, -0.1) is 6.58 Å². The third-order valence-electron chi connectivity index (χ3n) is 7.58. The normalized spacial score (nSPS) is 18.4. The molecule has 180 valence electrons. The molecule has 0 radical (unpaired) electrons. The summed E-state index contributed by atoms with van der Waals surface area (Å²) < 4.78 is 45.0. The zero-order valence-corrected chi connectivity index (χ0v) is 20.2. The van der Waals surface area contributed by atoms with E-state index < -0.39 is 17.5 Å². The summed E-state index contributed by atoms with van der Waals surface area (Å²) in [6, 6.07) is 12.7. The van der Waals surface area contributed by atoms with Crippen LogP contribution in [0.5, 0.6) is 0 Å². The molecule has 1 aliphatic carbocycles. The van der Waals surface area contributed by atoms with Crippen LogP contribution in [-0.2, 0) is 12.8 Å². The molecule has 0 N–H and O–H groups in total. The summed E-state index contributed by atoms with van der Waals surface area (Å²) in [4.78, 5) is 0. The predicted molar refractivity (Wildman–Crippen MR) is 136 cm³/mol. The molecule has 1 aliphatic rings. The molecule has 0 saturated heterocycles. The molecule has 1 fully saturated rings. The molecule has 0 spiro atoms. The van der Waals surface area contributed by atoms with Gasteiger partial charge in [-0.1, -0.05) is 62.2 Å². The lowest BCUT2D eigenvalue weighted by Gasteiger charge is -2.26. The number of halogens is 3. The van der Waals surface area contributed by atoms with Crippen LogP contribution in [-0.4, -0.2) is 0 Å². The van der Waals surface area contributed by atoms with Crippen LogP contribution in [0.2, 0.25) is 0 Å². The van der Waals surface area contributed by atoms with Gasteiger partial charge in [-0.05, 0) is 91.3 Å². The molecule has 3 aromatic carbocycles. The molecule has 0 unspecified atom stereocenters. The Morgan fingerprint density at radius 2 is 1.59 bits per heavy atom. The van der Waals surface area contributed by atoms with E-state index in [4.69, 9.17) is 0 Å². The summed E-state index contributed by atoms with van der Waals surface area (Å²) in [5.41, 5.74) is 2.45. The first kappa shape index (κ1) is 24.6. The van der Waals surface area contributed by atoms with Crippen LogP contribution in [0.3, 0.4) is 0 Å². The molecule has 0 bridgehead atoms. The van der Waals surface area contributed by atoms with Crippen molar-refractivity contribution in [3.63, 3.8) is 0 Å². The summed E-state index contributed by atoms with van der Waals surface area (Å²) in [6.07, 6.45) is 12.6. The zero-order chi connectivity index (χ0) is 24.1. The number of hydrogen-bond donors (Lipinski definition) is 0. The predicted octanol–water partition coefficient (Wildman–Crippen LogP) is 9.58. The summed E-state index contributed by atoms with van der Waals surface area (Å²) in [7, 11) is 0. The van der Waals surface area contributed by atoms with Gasteiger partial charge in [0.2, 0.25) is 0 Å². The maximum atomic E-state index is 15.0. The van der Waals surface area contributed by atoms with Gasteiger partial charge in [-0.2, -0.15) is 0 Å². The maximum absolute atomic E-state index is 15.0. The average molecular weight is 465 g/mol. The zero-order valence-electron chi connectivity index (χ0n) is 20.2. The standard InChI is InChI=1S/C31H35F3/c1-3-5-6-7-25-18-19-26-20-27(30(33)31(34)28(26)29(25)32)24-16-14-23(15-17-24)13-12-22-10-8-21(4-2)9-11-22/h4,14-22H,2-3,5-13H2,1H3. The Hall–Kier alpha value is -2.55. The first-order valence-corrected chi connectivity index (χ1v) is 12.8. The van der Waals surface area contributed by atoms with Gasteiger partial charge >= 0.3 is 0 Å². The first-order valence-electron chi connectivity index (χ1n) is 12.8. The quantitative estimate of drug-likeness (QED) is 0.218. The molecule has 3 aromatic rings. The Morgan fingerprint density at radius 3 is 2.26 bits per heavy atom. The van der Waals surface area contributed by atoms with Crippen molar-refractivity contribution in [1.82, 2.24) is 0 Å². The number of aryl methyl sites for hydroxylation is 2. The van der Waals surface area contributed by atoms with Gasteiger partial charge in [0.1, 0.15) is 5.82 Å². The lowest BCUT2D eigenvalue weighted by atomic mass is 9.79. The van der Waals surface area contributed by atoms with E-state index in [0.29, 0.717) is 28.9 Å². The van der Waals surface area contributed by atoms with Crippen molar-refractivity contribution in [2.75, 3.05) is 0 Å². The molecule has 0 amide bonds. The SMILES string of the molecule is C=CC1CCC(CCc2ccc(-c3cc4ccc(CCCCC)c(F)c4c(F)c3F)cc2)CC1. The van der Waals surface area contributed by atoms with Gasteiger partial charge in [-0.3, -0.25) is 0 Å². The van der Waals surface area contributed by atoms with Crippen LogP contribution in [0, 0.1) is 29.3 Å². The largest absolute Gasteiger partial charge is 0.206 e. The second-order valence-electron chi connectivity index (χ2n) is 9.90. The lowest BCUT2D eigenvalue weighted by Crippen LogP contribution is -2.13. The van der Waals surface area contributed by atoms with Gasteiger partial charge in [0.25, 0.3) is 0 Å². The van der Waals surface area contributed by atoms with E-state index in [2.05, 4.69) is 19.6 Å². The highest BCUT2D eigenvalue weighted by atomic mass is 19.2. The summed E-state index contributed by atoms with van der Waals surface area (Å²) in [5.74, 6) is -1.28. The molecule has 3 heteroatoms. The van der Waals surface area contributed by atoms with Crippen molar-refractivity contribution in [1.29, 1.82) is 0 Å². The van der Waals surface area contributed by atoms with Gasteiger partial charge in [-0.25, -0.2) is 13.2 Å². The third kappa shape index (κ3) is 5.40. The molecule has 34 heavy (non-hydrogen) atoms. The smallest absolute Gasteiger partial charge is 0.170 e. The summed E-state index contributed by atoms with van der Waals surface area (Å²) >= 11 is 0. The van der Waals surface area contributed by atoms with Gasteiger partial charge in [0.15, 0.2) is 11.6 Å². The molecule has 0 aliphatic heterocycles.